The van der Waals surface area contributed by atoms with Crippen LogP contribution in [0.4, 0.5) is 11.4 Å². The van der Waals surface area contributed by atoms with Gasteiger partial charge >= 0.3 is 0 Å². The molecule has 0 radical (unpaired) electrons. The summed E-state index contributed by atoms with van der Waals surface area (Å²) in [6.45, 7) is 3.78. The van der Waals surface area contributed by atoms with E-state index in [0.29, 0.717) is 5.88 Å². The number of nitrogen functional groups attached to an aromatic ring is 1. The molecule has 0 bridgehead atoms. The van der Waals surface area contributed by atoms with Crippen molar-refractivity contribution in [1.82, 2.24) is 4.98 Å². The molecule has 4 rings (SSSR count). The van der Waals surface area contributed by atoms with E-state index >= 15 is 0 Å². The minimum atomic E-state index is 0.137. The maximum Gasteiger partial charge on any atom is 0.213 e. The number of hydrogen-bond acceptors (Lipinski definition) is 4. The zero-order valence-corrected chi connectivity index (χ0v) is 14.9. The van der Waals surface area contributed by atoms with Gasteiger partial charge in [0, 0.05) is 25.2 Å². The number of ether oxygens (including phenoxy) is 1. The second-order valence-electron chi connectivity index (χ2n) is 6.79. The Morgan fingerprint density at radius 3 is 2.62 bits per heavy atom. The van der Waals surface area contributed by atoms with Crippen molar-refractivity contribution < 1.29 is 4.74 Å². The van der Waals surface area contributed by atoms with Crippen LogP contribution in [0.2, 0.25) is 0 Å². The molecule has 0 unspecified atom stereocenters. The molecule has 1 atom stereocenters. The largest absolute Gasteiger partial charge is 0.472 e. The van der Waals surface area contributed by atoms with Crippen molar-refractivity contribution in [1.29, 1.82) is 0 Å². The van der Waals surface area contributed by atoms with Crippen LogP contribution in [-0.2, 0) is 0 Å². The van der Waals surface area contributed by atoms with Crippen molar-refractivity contribution in [2.75, 3.05) is 23.7 Å². The Labute approximate surface area is 154 Å². The molecular weight excluding hydrogens is 322 g/mol. The maximum atomic E-state index is 6.36. The number of nitrogens with zero attached hydrogens (tertiary/aromatic N) is 2. The van der Waals surface area contributed by atoms with Gasteiger partial charge in [-0.15, -0.1) is 0 Å². The molecule has 1 aromatic heterocycles. The molecule has 132 valence electrons. The average Bonchev–Trinajstić information content (AvgIpc) is 3.12. The zero-order chi connectivity index (χ0) is 17.9. The predicted octanol–water partition coefficient (Wildman–Crippen LogP) is 4.30. The van der Waals surface area contributed by atoms with Crippen LogP contribution in [0.3, 0.4) is 0 Å². The van der Waals surface area contributed by atoms with Crippen LogP contribution < -0.4 is 15.4 Å². The Morgan fingerprint density at radius 2 is 1.88 bits per heavy atom. The van der Waals surface area contributed by atoms with E-state index in [1.54, 1.807) is 0 Å². The molecule has 0 spiro atoms. The molecule has 1 saturated heterocycles. The Kier molecular flexibility index (Phi) is 4.48. The Hall–Kier alpha value is -3.01. The lowest BCUT2D eigenvalue weighted by Crippen LogP contribution is -2.25. The van der Waals surface area contributed by atoms with Gasteiger partial charge < -0.3 is 15.4 Å². The lowest BCUT2D eigenvalue weighted by Gasteiger charge is -2.21. The summed E-state index contributed by atoms with van der Waals surface area (Å²) < 4.78 is 6.02. The van der Waals surface area contributed by atoms with E-state index in [4.69, 9.17) is 10.5 Å². The van der Waals surface area contributed by atoms with E-state index in [0.717, 1.165) is 42.0 Å². The monoisotopic (exact) mass is 345 g/mol. The molecule has 2 N–H and O–H groups in total. The number of anilines is 2. The molecule has 1 fully saturated rings. The quantitative estimate of drug-likeness (QED) is 0.717. The highest BCUT2D eigenvalue weighted by molar-refractivity contribution is 5.76. The highest BCUT2D eigenvalue weighted by Gasteiger charge is 2.25. The third-order valence-corrected chi connectivity index (χ3v) is 4.79. The third kappa shape index (κ3) is 3.49. The molecule has 2 aromatic carbocycles. The number of aryl methyl sites for hydroxylation is 1. The summed E-state index contributed by atoms with van der Waals surface area (Å²) in [6, 6.07) is 20.6. The molecule has 4 nitrogen and oxygen atoms in total. The SMILES string of the molecule is Cc1ccc(O[C@@H]2CCN(c3ccc(-c4ccccc4)cc3N)C2)nc1. The van der Waals surface area contributed by atoms with Crippen molar-refractivity contribution >= 4 is 11.4 Å². The number of hydrogen-bond donors (Lipinski definition) is 1. The standard InChI is InChI=1S/C22H23N3O/c1-16-7-10-22(24-14-16)26-19-11-12-25(15-19)21-9-8-18(13-20(21)23)17-5-3-2-4-6-17/h2-10,13-14,19H,11-12,15,23H2,1H3/t19-/m1/s1. The fourth-order valence-corrected chi connectivity index (χ4v) is 3.39. The molecule has 0 saturated carbocycles. The van der Waals surface area contributed by atoms with Gasteiger partial charge in [-0.3, -0.25) is 0 Å². The predicted molar refractivity (Wildman–Crippen MR) is 107 cm³/mol. The normalized spacial score (nSPS) is 16.7. The number of nitrogens with two attached hydrogens (primary N) is 1. The van der Waals surface area contributed by atoms with Gasteiger partial charge in [0.15, 0.2) is 0 Å². The van der Waals surface area contributed by atoms with Gasteiger partial charge in [0.2, 0.25) is 5.88 Å². The Morgan fingerprint density at radius 1 is 1.04 bits per heavy atom. The summed E-state index contributed by atoms with van der Waals surface area (Å²) in [5.41, 5.74) is 11.7. The molecule has 4 heteroatoms. The average molecular weight is 345 g/mol. The first kappa shape index (κ1) is 16.5. The second kappa shape index (κ2) is 7.08. The van der Waals surface area contributed by atoms with Crippen LogP contribution in [0, 0.1) is 6.92 Å². The van der Waals surface area contributed by atoms with Gasteiger partial charge in [-0.2, -0.15) is 0 Å². The molecule has 26 heavy (non-hydrogen) atoms. The highest BCUT2D eigenvalue weighted by atomic mass is 16.5. The minimum absolute atomic E-state index is 0.137. The number of aromatic nitrogens is 1. The smallest absolute Gasteiger partial charge is 0.213 e. The van der Waals surface area contributed by atoms with Crippen LogP contribution in [0.5, 0.6) is 5.88 Å². The molecule has 3 aromatic rings. The van der Waals surface area contributed by atoms with Crippen molar-refractivity contribution in [3.8, 4) is 17.0 Å². The lowest BCUT2D eigenvalue weighted by molar-refractivity contribution is 0.216. The molecule has 0 amide bonds. The second-order valence-corrected chi connectivity index (χ2v) is 6.79. The molecule has 0 aliphatic carbocycles. The van der Waals surface area contributed by atoms with Crippen LogP contribution in [0.15, 0.2) is 66.9 Å². The van der Waals surface area contributed by atoms with Crippen molar-refractivity contribution in [2.45, 2.75) is 19.4 Å². The summed E-state index contributed by atoms with van der Waals surface area (Å²) in [5, 5.41) is 0. The number of benzene rings is 2. The fraction of sp³-hybridized carbons (Fsp3) is 0.227. The van der Waals surface area contributed by atoms with Crippen molar-refractivity contribution in [3.63, 3.8) is 0 Å². The van der Waals surface area contributed by atoms with E-state index in [2.05, 4.69) is 40.2 Å². The van der Waals surface area contributed by atoms with E-state index in [9.17, 15) is 0 Å². The van der Waals surface area contributed by atoms with Gasteiger partial charge in [0.05, 0.1) is 17.9 Å². The first-order valence-corrected chi connectivity index (χ1v) is 8.98. The summed E-state index contributed by atoms with van der Waals surface area (Å²) >= 11 is 0. The fourth-order valence-electron chi connectivity index (χ4n) is 3.39. The van der Waals surface area contributed by atoms with Crippen molar-refractivity contribution in [2.24, 2.45) is 0 Å². The number of rotatable bonds is 4. The van der Waals surface area contributed by atoms with Crippen molar-refractivity contribution in [3.05, 3.63) is 72.4 Å². The molecule has 2 heterocycles. The summed E-state index contributed by atoms with van der Waals surface area (Å²) in [5.74, 6) is 0.690. The van der Waals surface area contributed by atoms with E-state index in [-0.39, 0.29) is 6.10 Å². The number of pyridine rings is 1. The first-order chi connectivity index (χ1) is 12.7. The van der Waals surface area contributed by atoms with Crippen LogP contribution in [0.25, 0.3) is 11.1 Å². The maximum absolute atomic E-state index is 6.36. The first-order valence-electron chi connectivity index (χ1n) is 8.98. The van der Waals surface area contributed by atoms with Crippen LogP contribution in [-0.4, -0.2) is 24.2 Å². The summed E-state index contributed by atoms with van der Waals surface area (Å²) in [4.78, 5) is 6.63. The van der Waals surface area contributed by atoms with Gasteiger partial charge in [0.1, 0.15) is 6.10 Å². The van der Waals surface area contributed by atoms with Gasteiger partial charge in [0.25, 0.3) is 0 Å². The van der Waals surface area contributed by atoms with E-state index in [1.165, 1.54) is 5.56 Å². The van der Waals surface area contributed by atoms with E-state index < -0.39 is 0 Å². The van der Waals surface area contributed by atoms with Crippen LogP contribution >= 0.6 is 0 Å². The van der Waals surface area contributed by atoms with E-state index in [1.807, 2.05) is 43.5 Å². The molecular formula is C22H23N3O. The third-order valence-electron chi connectivity index (χ3n) is 4.79. The van der Waals surface area contributed by atoms with Crippen LogP contribution in [0.1, 0.15) is 12.0 Å². The van der Waals surface area contributed by atoms with Gasteiger partial charge in [-0.05, 0) is 35.7 Å². The zero-order valence-electron chi connectivity index (χ0n) is 14.9. The summed E-state index contributed by atoms with van der Waals surface area (Å²) in [7, 11) is 0. The Bertz CT molecular complexity index is 878. The Balaban J connectivity index is 1.46. The highest BCUT2D eigenvalue weighted by Crippen LogP contribution is 2.32. The lowest BCUT2D eigenvalue weighted by atomic mass is 10.0. The topological polar surface area (TPSA) is 51.4 Å². The van der Waals surface area contributed by atoms with Gasteiger partial charge in [-0.25, -0.2) is 4.98 Å². The molecule has 1 aliphatic rings. The van der Waals surface area contributed by atoms with Gasteiger partial charge in [-0.1, -0.05) is 42.5 Å². The molecule has 1 aliphatic heterocycles. The summed E-state index contributed by atoms with van der Waals surface area (Å²) in [6.07, 6.45) is 2.94. The minimum Gasteiger partial charge on any atom is -0.472 e.